The van der Waals surface area contributed by atoms with Gasteiger partial charge in [0.2, 0.25) is 11.0 Å². The number of hydrogen-bond acceptors (Lipinski definition) is 6. The van der Waals surface area contributed by atoms with Crippen LogP contribution in [0.4, 0.5) is 0 Å². The zero-order valence-corrected chi connectivity index (χ0v) is 15.3. The number of rotatable bonds is 6. The first-order valence-corrected chi connectivity index (χ1v) is 9.87. The van der Waals surface area contributed by atoms with E-state index in [-0.39, 0.29) is 47.3 Å². The van der Waals surface area contributed by atoms with Crippen LogP contribution in [0.15, 0.2) is 30.3 Å². The van der Waals surface area contributed by atoms with Crippen LogP contribution < -0.4 is 5.32 Å². The Morgan fingerprint density at radius 3 is 2.58 bits per heavy atom. The van der Waals surface area contributed by atoms with E-state index in [2.05, 4.69) is 5.32 Å². The molecule has 2 aliphatic rings. The SMILES string of the molecule is O=C(CCC(=O)c1ccccc1)NC1CCCCN1C1C(=O)CSC1=O. The predicted octanol–water partition coefficient (Wildman–Crippen LogP) is 1.79. The van der Waals surface area contributed by atoms with Crippen molar-refractivity contribution >= 4 is 34.4 Å². The molecule has 2 aliphatic heterocycles. The molecule has 2 fully saturated rings. The normalized spacial score (nSPS) is 23.8. The molecule has 0 aromatic heterocycles. The Labute approximate surface area is 156 Å². The van der Waals surface area contributed by atoms with E-state index in [1.807, 2.05) is 11.0 Å². The van der Waals surface area contributed by atoms with Crippen LogP contribution in [0.5, 0.6) is 0 Å². The number of amides is 1. The summed E-state index contributed by atoms with van der Waals surface area (Å²) in [6.07, 6.45) is 2.46. The summed E-state index contributed by atoms with van der Waals surface area (Å²) < 4.78 is 0. The highest BCUT2D eigenvalue weighted by Gasteiger charge is 2.42. The van der Waals surface area contributed by atoms with Gasteiger partial charge in [-0.3, -0.25) is 24.1 Å². The van der Waals surface area contributed by atoms with Gasteiger partial charge < -0.3 is 5.32 Å². The van der Waals surface area contributed by atoms with E-state index in [1.165, 1.54) is 0 Å². The number of carbonyl (C=O) groups excluding carboxylic acids is 4. The highest BCUT2D eigenvalue weighted by Crippen LogP contribution is 2.27. The fourth-order valence-corrected chi connectivity index (χ4v) is 4.29. The lowest BCUT2D eigenvalue weighted by Gasteiger charge is -2.38. The Morgan fingerprint density at radius 1 is 1.12 bits per heavy atom. The van der Waals surface area contributed by atoms with E-state index in [9.17, 15) is 19.2 Å². The molecule has 1 amide bonds. The summed E-state index contributed by atoms with van der Waals surface area (Å²) >= 11 is 1.05. The standard InChI is InChI=1S/C19H22N2O4S/c22-14(13-6-2-1-3-7-13)9-10-17(24)20-16-8-4-5-11-21(16)18-15(23)12-26-19(18)25/h1-3,6-7,16,18H,4-5,8-12H2,(H,20,24). The van der Waals surface area contributed by atoms with E-state index in [1.54, 1.807) is 24.3 Å². The molecule has 7 heteroatoms. The van der Waals surface area contributed by atoms with Gasteiger partial charge in [-0.2, -0.15) is 0 Å². The lowest BCUT2D eigenvalue weighted by atomic mass is 10.0. The van der Waals surface area contributed by atoms with Gasteiger partial charge in [0.25, 0.3) is 0 Å². The van der Waals surface area contributed by atoms with Crippen LogP contribution in [0, 0.1) is 0 Å². The average Bonchev–Trinajstić information content (AvgIpc) is 2.99. The lowest BCUT2D eigenvalue weighted by Crippen LogP contribution is -2.57. The molecule has 3 rings (SSSR count). The summed E-state index contributed by atoms with van der Waals surface area (Å²) in [6, 6.07) is 8.15. The van der Waals surface area contributed by atoms with Gasteiger partial charge in [0.05, 0.1) is 11.9 Å². The second-order valence-electron chi connectivity index (χ2n) is 6.58. The van der Waals surface area contributed by atoms with E-state index in [0.29, 0.717) is 18.5 Å². The molecule has 1 N–H and O–H groups in total. The van der Waals surface area contributed by atoms with Crippen LogP contribution in [-0.2, 0) is 14.4 Å². The number of thioether (sulfide) groups is 1. The number of benzene rings is 1. The maximum absolute atomic E-state index is 12.3. The Kier molecular flexibility index (Phi) is 6.21. The Balaban J connectivity index is 1.56. The van der Waals surface area contributed by atoms with E-state index < -0.39 is 6.04 Å². The smallest absolute Gasteiger partial charge is 0.221 e. The van der Waals surface area contributed by atoms with Crippen LogP contribution >= 0.6 is 11.8 Å². The van der Waals surface area contributed by atoms with E-state index >= 15 is 0 Å². The summed E-state index contributed by atoms with van der Waals surface area (Å²) in [5.74, 6) is -0.164. The van der Waals surface area contributed by atoms with Crippen molar-refractivity contribution in [1.29, 1.82) is 0 Å². The number of carbonyl (C=O) groups is 4. The fourth-order valence-electron chi connectivity index (χ4n) is 3.42. The van der Waals surface area contributed by atoms with Crippen LogP contribution in [0.25, 0.3) is 0 Å². The maximum Gasteiger partial charge on any atom is 0.221 e. The van der Waals surface area contributed by atoms with Gasteiger partial charge in [-0.25, -0.2) is 0 Å². The first-order valence-electron chi connectivity index (χ1n) is 8.89. The summed E-state index contributed by atoms with van der Waals surface area (Å²) in [6.45, 7) is 0.622. The molecule has 0 radical (unpaired) electrons. The summed E-state index contributed by atoms with van der Waals surface area (Å²) in [5.41, 5.74) is 0.596. The van der Waals surface area contributed by atoms with E-state index in [0.717, 1.165) is 24.6 Å². The molecule has 2 unspecified atom stereocenters. The quantitative estimate of drug-likeness (QED) is 0.604. The molecular formula is C19H22N2O4S. The number of piperidine rings is 1. The summed E-state index contributed by atoms with van der Waals surface area (Å²) in [4.78, 5) is 50.3. The second-order valence-corrected chi connectivity index (χ2v) is 7.56. The summed E-state index contributed by atoms with van der Waals surface area (Å²) in [5, 5.41) is 2.79. The number of ketones is 2. The monoisotopic (exact) mass is 374 g/mol. The van der Waals surface area contributed by atoms with Gasteiger partial charge in [-0.05, 0) is 19.3 Å². The zero-order valence-electron chi connectivity index (χ0n) is 14.5. The van der Waals surface area contributed by atoms with Crippen molar-refractivity contribution in [3.63, 3.8) is 0 Å². The molecule has 1 aromatic rings. The first kappa shape index (κ1) is 18.8. The van der Waals surface area contributed by atoms with Gasteiger partial charge in [0.15, 0.2) is 11.6 Å². The second kappa shape index (κ2) is 8.60. The largest absolute Gasteiger partial charge is 0.341 e. The van der Waals surface area contributed by atoms with Crippen molar-refractivity contribution in [3.05, 3.63) is 35.9 Å². The first-order chi connectivity index (χ1) is 12.6. The van der Waals surface area contributed by atoms with E-state index in [4.69, 9.17) is 0 Å². The van der Waals surface area contributed by atoms with Crippen LogP contribution in [0.1, 0.15) is 42.5 Å². The lowest BCUT2D eigenvalue weighted by molar-refractivity contribution is -0.133. The van der Waals surface area contributed by atoms with Crippen molar-refractivity contribution in [2.45, 2.75) is 44.3 Å². The van der Waals surface area contributed by atoms with Crippen molar-refractivity contribution in [3.8, 4) is 0 Å². The highest BCUT2D eigenvalue weighted by atomic mass is 32.2. The highest BCUT2D eigenvalue weighted by molar-refractivity contribution is 8.15. The molecule has 0 saturated carbocycles. The number of likely N-dealkylation sites (tertiary alicyclic amines) is 1. The minimum absolute atomic E-state index is 0.0706. The minimum Gasteiger partial charge on any atom is -0.341 e. The van der Waals surface area contributed by atoms with Crippen molar-refractivity contribution < 1.29 is 19.2 Å². The third kappa shape index (κ3) is 4.40. The number of hydrogen-bond donors (Lipinski definition) is 1. The Bertz CT molecular complexity index is 691. The molecular weight excluding hydrogens is 352 g/mol. The van der Waals surface area contributed by atoms with Crippen molar-refractivity contribution in [2.75, 3.05) is 12.3 Å². The van der Waals surface area contributed by atoms with Crippen LogP contribution in [0.3, 0.4) is 0 Å². The van der Waals surface area contributed by atoms with Gasteiger partial charge in [-0.1, -0.05) is 42.1 Å². The predicted molar refractivity (Wildman–Crippen MR) is 98.8 cm³/mol. The van der Waals surface area contributed by atoms with Gasteiger partial charge in [-0.15, -0.1) is 0 Å². The maximum atomic E-state index is 12.3. The average molecular weight is 374 g/mol. The molecule has 0 spiro atoms. The van der Waals surface area contributed by atoms with Crippen molar-refractivity contribution in [1.82, 2.24) is 10.2 Å². The molecule has 0 bridgehead atoms. The Morgan fingerprint density at radius 2 is 1.88 bits per heavy atom. The molecule has 2 heterocycles. The molecule has 0 aliphatic carbocycles. The van der Waals surface area contributed by atoms with Gasteiger partial charge in [0.1, 0.15) is 6.04 Å². The van der Waals surface area contributed by atoms with Crippen LogP contribution in [-0.4, -0.2) is 52.0 Å². The van der Waals surface area contributed by atoms with Gasteiger partial charge in [0, 0.05) is 24.9 Å². The van der Waals surface area contributed by atoms with Gasteiger partial charge >= 0.3 is 0 Å². The molecule has 138 valence electrons. The zero-order chi connectivity index (χ0) is 18.5. The molecule has 1 aromatic carbocycles. The summed E-state index contributed by atoms with van der Waals surface area (Å²) in [7, 11) is 0. The third-order valence-corrected chi connectivity index (χ3v) is 5.70. The fraction of sp³-hybridized carbons (Fsp3) is 0.474. The third-order valence-electron chi connectivity index (χ3n) is 4.76. The van der Waals surface area contributed by atoms with Crippen LogP contribution in [0.2, 0.25) is 0 Å². The number of nitrogens with zero attached hydrogens (tertiary/aromatic N) is 1. The molecule has 26 heavy (non-hydrogen) atoms. The Hall–Kier alpha value is -1.99. The topological polar surface area (TPSA) is 83.6 Å². The molecule has 2 atom stereocenters. The number of nitrogens with one attached hydrogen (secondary N) is 1. The number of Topliss-reactive ketones (excluding diaryl/α,β-unsaturated/α-hetero) is 2. The van der Waals surface area contributed by atoms with Crippen molar-refractivity contribution in [2.24, 2.45) is 0 Å². The molecule has 6 nitrogen and oxygen atoms in total. The molecule has 2 saturated heterocycles. The minimum atomic E-state index is -0.739.